The van der Waals surface area contributed by atoms with Crippen molar-refractivity contribution in [3.05, 3.63) is 64.2 Å². The quantitative estimate of drug-likeness (QED) is 0.434. The second-order valence-electron chi connectivity index (χ2n) is 4.77. The second kappa shape index (κ2) is 8.49. The van der Waals surface area contributed by atoms with Crippen molar-refractivity contribution in [2.24, 2.45) is 0 Å². The first-order valence-electron chi connectivity index (χ1n) is 7.11. The highest BCUT2D eigenvalue weighted by Gasteiger charge is 2.17. The van der Waals surface area contributed by atoms with E-state index in [2.05, 4.69) is 15.6 Å². The summed E-state index contributed by atoms with van der Waals surface area (Å²) in [7, 11) is 1.22. The smallest absolute Gasteiger partial charge is 0.343 e. The number of nitrogens with zero attached hydrogens (tertiary/aromatic N) is 1. The molecule has 2 aromatic carbocycles. The summed E-state index contributed by atoms with van der Waals surface area (Å²) in [5, 5.41) is 11.2. The fraction of sp³-hybridized carbons (Fsp3) is 0.188. The average Bonchev–Trinajstić information content (AvgIpc) is 2.61. The molecule has 8 nitrogen and oxygen atoms in total. The summed E-state index contributed by atoms with van der Waals surface area (Å²) in [6.07, 6.45) is 0. The normalized spacial score (nSPS) is 10.0. The summed E-state index contributed by atoms with van der Waals surface area (Å²) in [4.78, 5) is 21.7. The second-order valence-corrected chi connectivity index (χ2v) is 4.77. The molecular weight excluding hydrogens is 314 g/mol. The molecule has 0 spiro atoms. The first kappa shape index (κ1) is 17.2. The Labute approximate surface area is 138 Å². The minimum Gasteiger partial charge on any atom is -0.475 e. The van der Waals surface area contributed by atoms with E-state index in [0.29, 0.717) is 12.1 Å². The van der Waals surface area contributed by atoms with Gasteiger partial charge in [0, 0.05) is 18.3 Å². The number of hydrogen-bond donors (Lipinski definition) is 2. The summed E-state index contributed by atoms with van der Waals surface area (Å²) in [6, 6.07) is 14.0. The van der Waals surface area contributed by atoms with Crippen LogP contribution in [0.1, 0.15) is 5.56 Å². The zero-order valence-corrected chi connectivity index (χ0v) is 13.0. The molecule has 2 aromatic rings. The molecule has 2 N–H and O–H groups in total. The molecule has 0 radical (unpaired) electrons. The van der Waals surface area contributed by atoms with Crippen molar-refractivity contribution in [1.29, 1.82) is 0 Å². The predicted octanol–water partition coefficient (Wildman–Crippen LogP) is 2.26. The maximum Gasteiger partial charge on any atom is 0.343 e. The lowest BCUT2D eigenvalue weighted by Gasteiger charge is -2.10. The van der Waals surface area contributed by atoms with Gasteiger partial charge in [0.1, 0.15) is 0 Å². The number of benzene rings is 2. The third kappa shape index (κ3) is 4.96. The zero-order chi connectivity index (χ0) is 17.4. The molecule has 0 bridgehead atoms. The number of nitrogens with one attached hydrogen (secondary N) is 2. The number of para-hydroxylation sites is 1. The number of hydrazine groups is 1. The summed E-state index contributed by atoms with van der Waals surface area (Å²) < 4.78 is 9.57. The molecule has 8 heteroatoms. The molecule has 0 unspecified atom stereocenters. The number of esters is 1. The Balaban J connectivity index is 1.99. The van der Waals surface area contributed by atoms with Gasteiger partial charge in [0.2, 0.25) is 0 Å². The molecule has 24 heavy (non-hydrogen) atoms. The lowest BCUT2D eigenvalue weighted by molar-refractivity contribution is -0.385. The Morgan fingerprint density at radius 3 is 2.62 bits per heavy atom. The van der Waals surface area contributed by atoms with Gasteiger partial charge in [-0.15, -0.1) is 0 Å². The van der Waals surface area contributed by atoms with E-state index in [1.54, 1.807) is 6.07 Å². The molecule has 2 rings (SSSR count). The van der Waals surface area contributed by atoms with E-state index in [0.717, 1.165) is 5.69 Å². The van der Waals surface area contributed by atoms with Crippen LogP contribution in [0.4, 0.5) is 11.4 Å². The van der Waals surface area contributed by atoms with Gasteiger partial charge in [-0.1, -0.05) is 24.3 Å². The summed E-state index contributed by atoms with van der Waals surface area (Å²) in [5.41, 5.74) is 7.33. The van der Waals surface area contributed by atoms with Crippen molar-refractivity contribution >= 4 is 17.3 Å². The molecule has 0 amide bonds. The molecule has 0 atom stereocenters. The maximum absolute atomic E-state index is 11.2. The van der Waals surface area contributed by atoms with E-state index < -0.39 is 10.9 Å². The number of ether oxygens (including phenoxy) is 2. The molecule has 0 aliphatic heterocycles. The van der Waals surface area contributed by atoms with Crippen LogP contribution in [-0.2, 0) is 16.1 Å². The molecule has 0 aliphatic carbocycles. The van der Waals surface area contributed by atoms with Gasteiger partial charge in [0.15, 0.2) is 12.4 Å². The lowest BCUT2D eigenvalue weighted by Crippen LogP contribution is -2.20. The van der Waals surface area contributed by atoms with Gasteiger partial charge in [-0.3, -0.25) is 10.1 Å². The average molecular weight is 331 g/mol. The summed E-state index contributed by atoms with van der Waals surface area (Å²) >= 11 is 0. The highest BCUT2D eigenvalue weighted by atomic mass is 16.6. The van der Waals surface area contributed by atoms with Gasteiger partial charge >= 0.3 is 11.7 Å². The topological polar surface area (TPSA) is 103 Å². The van der Waals surface area contributed by atoms with Gasteiger partial charge in [0.25, 0.3) is 0 Å². The van der Waals surface area contributed by atoms with Crippen LogP contribution in [0.2, 0.25) is 0 Å². The third-order valence-electron chi connectivity index (χ3n) is 3.09. The zero-order valence-electron chi connectivity index (χ0n) is 13.0. The highest BCUT2D eigenvalue weighted by molar-refractivity contribution is 5.71. The van der Waals surface area contributed by atoms with Gasteiger partial charge in [-0.25, -0.2) is 10.2 Å². The standard InChI is InChI=1S/C16H17N3O5/c1-23-16(20)11-24-15-8-7-12(9-14(15)19(21)22)10-17-18-13-5-3-2-4-6-13/h2-9,17-18H,10-11H2,1H3. The first-order valence-corrected chi connectivity index (χ1v) is 7.11. The first-order chi connectivity index (χ1) is 11.6. The highest BCUT2D eigenvalue weighted by Crippen LogP contribution is 2.28. The van der Waals surface area contributed by atoms with Gasteiger partial charge in [0.05, 0.1) is 12.0 Å². The van der Waals surface area contributed by atoms with Crippen molar-refractivity contribution in [2.45, 2.75) is 6.54 Å². The maximum atomic E-state index is 11.2. The number of nitro groups is 1. The van der Waals surface area contributed by atoms with Crippen molar-refractivity contribution < 1.29 is 19.2 Å². The predicted molar refractivity (Wildman–Crippen MR) is 87.5 cm³/mol. The number of rotatable bonds is 8. The fourth-order valence-electron chi connectivity index (χ4n) is 1.90. The van der Waals surface area contributed by atoms with Crippen LogP contribution in [0.3, 0.4) is 0 Å². The minimum atomic E-state index is -0.609. The lowest BCUT2D eigenvalue weighted by atomic mass is 10.2. The van der Waals surface area contributed by atoms with E-state index in [1.807, 2.05) is 30.3 Å². The Morgan fingerprint density at radius 2 is 1.96 bits per heavy atom. The van der Waals surface area contributed by atoms with E-state index in [-0.39, 0.29) is 18.0 Å². The van der Waals surface area contributed by atoms with Crippen LogP contribution in [-0.4, -0.2) is 24.6 Å². The number of hydrogen-bond acceptors (Lipinski definition) is 7. The number of carbonyl (C=O) groups is 1. The minimum absolute atomic E-state index is 0.0187. The van der Waals surface area contributed by atoms with Crippen LogP contribution in [0.25, 0.3) is 0 Å². The van der Waals surface area contributed by atoms with Gasteiger partial charge in [-0.2, -0.15) is 0 Å². The molecule has 0 aliphatic rings. The van der Waals surface area contributed by atoms with Crippen molar-refractivity contribution in [3.63, 3.8) is 0 Å². The molecule has 0 heterocycles. The monoisotopic (exact) mass is 331 g/mol. The van der Waals surface area contributed by atoms with Crippen molar-refractivity contribution in [3.8, 4) is 5.75 Å². The van der Waals surface area contributed by atoms with Gasteiger partial charge in [-0.05, 0) is 23.8 Å². The third-order valence-corrected chi connectivity index (χ3v) is 3.09. The number of methoxy groups -OCH3 is 1. The Morgan fingerprint density at radius 1 is 1.21 bits per heavy atom. The summed E-state index contributed by atoms with van der Waals surface area (Å²) in [5.74, 6) is -0.590. The van der Waals surface area contributed by atoms with E-state index in [1.165, 1.54) is 19.2 Å². The summed E-state index contributed by atoms with van der Waals surface area (Å²) in [6.45, 7) is -0.0164. The Bertz CT molecular complexity index is 706. The molecule has 0 fully saturated rings. The van der Waals surface area contributed by atoms with Crippen LogP contribution in [0.15, 0.2) is 48.5 Å². The molecule has 0 saturated carbocycles. The largest absolute Gasteiger partial charge is 0.475 e. The molecule has 0 aromatic heterocycles. The van der Waals surface area contributed by atoms with Crippen LogP contribution in [0, 0.1) is 10.1 Å². The van der Waals surface area contributed by atoms with E-state index >= 15 is 0 Å². The number of carbonyl (C=O) groups excluding carboxylic acids is 1. The Hall–Kier alpha value is -3.13. The van der Waals surface area contributed by atoms with Gasteiger partial charge < -0.3 is 14.9 Å². The van der Waals surface area contributed by atoms with Crippen LogP contribution < -0.4 is 15.6 Å². The number of anilines is 1. The van der Waals surface area contributed by atoms with Crippen LogP contribution >= 0.6 is 0 Å². The molecule has 126 valence electrons. The van der Waals surface area contributed by atoms with Crippen LogP contribution in [0.5, 0.6) is 5.75 Å². The molecular formula is C16H17N3O5. The molecule has 0 saturated heterocycles. The van der Waals surface area contributed by atoms with E-state index in [4.69, 9.17) is 4.74 Å². The van der Waals surface area contributed by atoms with E-state index in [9.17, 15) is 14.9 Å². The Kier molecular flexibility index (Phi) is 6.09. The SMILES string of the molecule is COC(=O)COc1ccc(CNNc2ccccc2)cc1[N+](=O)[O-]. The fourth-order valence-corrected chi connectivity index (χ4v) is 1.90. The van der Waals surface area contributed by atoms with Crippen molar-refractivity contribution in [1.82, 2.24) is 5.43 Å². The van der Waals surface area contributed by atoms with Crippen molar-refractivity contribution in [2.75, 3.05) is 19.1 Å². The number of nitro benzene ring substituents is 1.